The van der Waals surface area contributed by atoms with Gasteiger partial charge >= 0.3 is 0 Å². The van der Waals surface area contributed by atoms with E-state index in [0.717, 1.165) is 0 Å². The van der Waals surface area contributed by atoms with Gasteiger partial charge in [-0.25, -0.2) is 8.42 Å². The number of sulfonamides is 1. The van der Waals surface area contributed by atoms with E-state index in [1.54, 1.807) is 30.3 Å². The second kappa shape index (κ2) is 6.60. The summed E-state index contributed by atoms with van der Waals surface area (Å²) in [5.74, 6) is 1.34. The van der Waals surface area contributed by atoms with Gasteiger partial charge in [-0.2, -0.15) is 4.31 Å². The Hall–Kier alpha value is -2.05. The molecule has 0 unspecified atom stereocenters. The highest BCUT2D eigenvalue weighted by molar-refractivity contribution is 7.89. The van der Waals surface area contributed by atoms with Crippen LogP contribution in [0.5, 0.6) is 11.5 Å². The summed E-state index contributed by atoms with van der Waals surface area (Å²) >= 11 is 0. The van der Waals surface area contributed by atoms with Crippen LogP contribution in [0, 0.1) is 0 Å². The molecule has 2 aromatic rings. The Bertz CT molecular complexity index is 761. The minimum absolute atomic E-state index is 0.252. The fourth-order valence-corrected chi connectivity index (χ4v) is 4.02. The molecule has 1 heterocycles. The SMILES string of the molecule is CCN(C[C@@H]1COc2ccccc2O1)S(=O)(=O)c1ccccc1. The third kappa shape index (κ3) is 3.33. The first-order chi connectivity index (χ1) is 11.1. The van der Waals surface area contributed by atoms with Crippen LogP contribution in [-0.4, -0.2) is 38.5 Å². The number of likely N-dealkylation sites (N-methyl/N-ethyl adjacent to an activating group) is 1. The molecule has 122 valence electrons. The topological polar surface area (TPSA) is 55.8 Å². The number of hydrogen-bond acceptors (Lipinski definition) is 4. The van der Waals surface area contributed by atoms with E-state index < -0.39 is 10.0 Å². The largest absolute Gasteiger partial charge is 0.486 e. The minimum atomic E-state index is -3.53. The third-order valence-corrected chi connectivity index (χ3v) is 5.66. The molecule has 1 atom stereocenters. The number of ether oxygens (including phenoxy) is 2. The van der Waals surface area contributed by atoms with Gasteiger partial charge in [-0.3, -0.25) is 0 Å². The first kappa shape index (κ1) is 15.8. The Labute approximate surface area is 136 Å². The zero-order valence-corrected chi connectivity index (χ0v) is 13.7. The van der Waals surface area contributed by atoms with Crippen molar-refractivity contribution in [2.75, 3.05) is 19.7 Å². The van der Waals surface area contributed by atoms with Crippen molar-refractivity contribution in [3.8, 4) is 11.5 Å². The summed E-state index contributed by atoms with van der Waals surface area (Å²) in [7, 11) is -3.53. The molecule has 0 saturated heterocycles. The Morgan fingerprint density at radius 1 is 1.04 bits per heavy atom. The highest BCUT2D eigenvalue weighted by Crippen LogP contribution is 2.31. The second-order valence-electron chi connectivity index (χ2n) is 5.27. The van der Waals surface area contributed by atoms with Gasteiger partial charge in [0.15, 0.2) is 11.5 Å². The van der Waals surface area contributed by atoms with Crippen molar-refractivity contribution in [1.29, 1.82) is 0 Å². The van der Waals surface area contributed by atoms with E-state index in [1.807, 2.05) is 31.2 Å². The van der Waals surface area contributed by atoms with Crippen molar-refractivity contribution >= 4 is 10.0 Å². The van der Waals surface area contributed by atoms with Crippen LogP contribution in [0.15, 0.2) is 59.5 Å². The second-order valence-corrected chi connectivity index (χ2v) is 7.20. The molecule has 0 N–H and O–H groups in total. The van der Waals surface area contributed by atoms with E-state index in [1.165, 1.54) is 4.31 Å². The zero-order valence-electron chi connectivity index (χ0n) is 12.9. The summed E-state index contributed by atoms with van der Waals surface area (Å²) in [6.45, 7) is 2.77. The van der Waals surface area contributed by atoms with Crippen LogP contribution in [0.25, 0.3) is 0 Å². The molecule has 0 aromatic heterocycles. The van der Waals surface area contributed by atoms with Crippen molar-refractivity contribution in [1.82, 2.24) is 4.31 Å². The lowest BCUT2D eigenvalue weighted by Gasteiger charge is -2.30. The average molecular weight is 333 g/mol. The van der Waals surface area contributed by atoms with Gasteiger partial charge in [-0.15, -0.1) is 0 Å². The van der Waals surface area contributed by atoms with Crippen LogP contribution < -0.4 is 9.47 Å². The summed E-state index contributed by atoms with van der Waals surface area (Å²) in [6, 6.07) is 15.8. The van der Waals surface area contributed by atoms with Gasteiger partial charge in [0.2, 0.25) is 10.0 Å². The zero-order chi connectivity index (χ0) is 16.3. The highest BCUT2D eigenvalue weighted by atomic mass is 32.2. The molecule has 6 heteroatoms. The van der Waals surface area contributed by atoms with E-state index >= 15 is 0 Å². The number of benzene rings is 2. The summed E-state index contributed by atoms with van der Waals surface area (Å²) < 4.78 is 38.4. The van der Waals surface area contributed by atoms with E-state index in [9.17, 15) is 8.42 Å². The van der Waals surface area contributed by atoms with Gasteiger partial charge in [0.1, 0.15) is 12.7 Å². The molecule has 1 aliphatic rings. The molecule has 0 radical (unpaired) electrons. The van der Waals surface area contributed by atoms with Crippen molar-refractivity contribution in [2.45, 2.75) is 17.9 Å². The van der Waals surface area contributed by atoms with Crippen LogP contribution >= 0.6 is 0 Å². The summed E-state index contributed by atoms with van der Waals surface area (Å²) in [5.41, 5.74) is 0. The third-order valence-electron chi connectivity index (χ3n) is 3.71. The fraction of sp³-hybridized carbons (Fsp3) is 0.294. The molecule has 23 heavy (non-hydrogen) atoms. The molecule has 1 aliphatic heterocycles. The molecular weight excluding hydrogens is 314 g/mol. The quantitative estimate of drug-likeness (QED) is 0.844. The molecule has 3 rings (SSSR count). The molecule has 0 bridgehead atoms. The van der Waals surface area contributed by atoms with Gasteiger partial charge < -0.3 is 9.47 Å². The molecule has 2 aromatic carbocycles. The smallest absolute Gasteiger partial charge is 0.243 e. The number of para-hydroxylation sites is 2. The normalized spacial score (nSPS) is 17.2. The van der Waals surface area contributed by atoms with Crippen LogP contribution in [-0.2, 0) is 10.0 Å². The standard InChI is InChI=1S/C17H19NO4S/c1-2-18(23(19,20)15-8-4-3-5-9-15)12-14-13-21-16-10-6-7-11-17(16)22-14/h3-11,14H,2,12-13H2,1H3/t14-/m1/s1. The predicted octanol–water partition coefficient (Wildman–Crippen LogP) is 2.54. The van der Waals surface area contributed by atoms with Crippen molar-refractivity contribution in [3.05, 3.63) is 54.6 Å². The van der Waals surface area contributed by atoms with Crippen LogP contribution in [0.1, 0.15) is 6.92 Å². The first-order valence-electron chi connectivity index (χ1n) is 7.55. The van der Waals surface area contributed by atoms with Gasteiger partial charge in [0.05, 0.1) is 11.4 Å². The van der Waals surface area contributed by atoms with E-state index in [4.69, 9.17) is 9.47 Å². The predicted molar refractivity (Wildman–Crippen MR) is 87.2 cm³/mol. The summed E-state index contributed by atoms with van der Waals surface area (Å²) in [4.78, 5) is 0.291. The van der Waals surface area contributed by atoms with Gasteiger partial charge in [-0.05, 0) is 24.3 Å². The molecular formula is C17H19NO4S. The lowest BCUT2D eigenvalue weighted by Crippen LogP contribution is -2.43. The number of fused-ring (bicyclic) bond motifs is 1. The van der Waals surface area contributed by atoms with Crippen molar-refractivity contribution in [2.24, 2.45) is 0 Å². The van der Waals surface area contributed by atoms with E-state index in [0.29, 0.717) is 29.5 Å². The summed E-state index contributed by atoms with van der Waals surface area (Å²) in [5, 5.41) is 0. The molecule has 0 amide bonds. The van der Waals surface area contributed by atoms with Gasteiger partial charge in [0.25, 0.3) is 0 Å². The monoisotopic (exact) mass is 333 g/mol. The lowest BCUT2D eigenvalue weighted by atomic mass is 10.2. The first-order valence-corrected chi connectivity index (χ1v) is 8.99. The van der Waals surface area contributed by atoms with Crippen LogP contribution in [0.2, 0.25) is 0 Å². The molecule has 0 saturated carbocycles. The van der Waals surface area contributed by atoms with Crippen molar-refractivity contribution in [3.63, 3.8) is 0 Å². The number of hydrogen-bond donors (Lipinski definition) is 0. The fourth-order valence-electron chi connectivity index (χ4n) is 2.52. The Balaban J connectivity index is 1.76. The van der Waals surface area contributed by atoms with Crippen molar-refractivity contribution < 1.29 is 17.9 Å². The maximum absolute atomic E-state index is 12.7. The van der Waals surface area contributed by atoms with E-state index in [-0.39, 0.29) is 12.6 Å². The molecule has 0 spiro atoms. The Morgan fingerprint density at radius 2 is 1.70 bits per heavy atom. The molecule has 0 aliphatic carbocycles. The van der Waals surface area contributed by atoms with E-state index in [2.05, 4.69) is 0 Å². The Kier molecular flexibility index (Phi) is 4.54. The number of nitrogens with zero attached hydrogens (tertiary/aromatic N) is 1. The number of rotatable bonds is 5. The van der Waals surface area contributed by atoms with Crippen LogP contribution in [0.4, 0.5) is 0 Å². The Morgan fingerprint density at radius 3 is 2.39 bits per heavy atom. The van der Waals surface area contributed by atoms with Gasteiger partial charge in [0, 0.05) is 6.54 Å². The average Bonchev–Trinajstić information content (AvgIpc) is 2.60. The highest BCUT2D eigenvalue weighted by Gasteiger charge is 2.29. The minimum Gasteiger partial charge on any atom is -0.486 e. The summed E-state index contributed by atoms with van der Waals surface area (Å²) in [6.07, 6.45) is -0.330. The maximum atomic E-state index is 12.7. The lowest BCUT2D eigenvalue weighted by molar-refractivity contribution is 0.0771. The maximum Gasteiger partial charge on any atom is 0.243 e. The van der Waals surface area contributed by atoms with Crippen LogP contribution in [0.3, 0.4) is 0 Å². The molecule has 0 fully saturated rings. The molecule has 5 nitrogen and oxygen atoms in total. The van der Waals surface area contributed by atoms with Gasteiger partial charge in [-0.1, -0.05) is 37.3 Å².